The third kappa shape index (κ3) is 4.77. The Balaban J connectivity index is 1.63. The van der Waals surface area contributed by atoms with E-state index in [9.17, 15) is 4.79 Å². The number of halogens is 1. The molecular formula is C22H20ClN3O3S2. The van der Waals surface area contributed by atoms with Crippen molar-refractivity contribution in [2.24, 2.45) is 0 Å². The van der Waals surface area contributed by atoms with E-state index in [-0.39, 0.29) is 5.56 Å². The second-order valence-corrected chi connectivity index (χ2v) is 8.88. The molecule has 2 aromatic heterocycles. The Kier molecular flexibility index (Phi) is 6.92. The zero-order valence-electron chi connectivity index (χ0n) is 17.0. The number of para-hydroxylation sites is 1. The van der Waals surface area contributed by atoms with Crippen LogP contribution in [0.2, 0.25) is 5.02 Å². The van der Waals surface area contributed by atoms with Crippen molar-refractivity contribution < 1.29 is 9.47 Å². The van der Waals surface area contributed by atoms with Gasteiger partial charge in [0.15, 0.2) is 5.16 Å². The quantitative estimate of drug-likeness (QED) is 0.261. The number of hydrogen-bond acceptors (Lipinski definition) is 7. The molecule has 0 aliphatic rings. The van der Waals surface area contributed by atoms with Crippen molar-refractivity contribution in [2.45, 2.75) is 17.5 Å². The first-order valence-corrected chi connectivity index (χ1v) is 11.7. The molecule has 0 saturated carbocycles. The van der Waals surface area contributed by atoms with Crippen LogP contribution >= 0.6 is 34.7 Å². The van der Waals surface area contributed by atoms with Gasteiger partial charge in [-0.15, -0.1) is 11.3 Å². The Morgan fingerprint density at radius 1 is 1.16 bits per heavy atom. The van der Waals surface area contributed by atoms with Gasteiger partial charge in [0.05, 0.1) is 42.4 Å². The Morgan fingerprint density at radius 2 is 2.00 bits per heavy atom. The highest BCUT2D eigenvalue weighted by molar-refractivity contribution is 7.98. The number of thioether (sulfide) groups is 1. The van der Waals surface area contributed by atoms with E-state index in [1.807, 2.05) is 29.6 Å². The van der Waals surface area contributed by atoms with Gasteiger partial charge < -0.3 is 9.47 Å². The normalized spacial score (nSPS) is 11.2. The Labute approximate surface area is 192 Å². The highest BCUT2D eigenvalue weighted by Crippen LogP contribution is 2.33. The minimum Gasteiger partial charge on any atom is -0.496 e. The van der Waals surface area contributed by atoms with Crippen molar-refractivity contribution in [3.05, 3.63) is 68.9 Å². The second-order valence-electron chi connectivity index (χ2n) is 6.64. The largest absolute Gasteiger partial charge is 0.496 e. The van der Waals surface area contributed by atoms with Gasteiger partial charge in [-0.05, 0) is 30.3 Å². The summed E-state index contributed by atoms with van der Waals surface area (Å²) in [6.07, 6.45) is 0. The fraction of sp³-hybridized carbons (Fsp3) is 0.227. The molecule has 2 aromatic carbocycles. The predicted octanol–water partition coefficient (Wildman–Crippen LogP) is 5.12. The molecule has 160 valence electrons. The Morgan fingerprint density at radius 3 is 2.81 bits per heavy atom. The monoisotopic (exact) mass is 473 g/mol. The van der Waals surface area contributed by atoms with Gasteiger partial charge in [0.25, 0.3) is 5.56 Å². The third-order valence-electron chi connectivity index (χ3n) is 4.64. The van der Waals surface area contributed by atoms with Crippen LogP contribution in [0.1, 0.15) is 5.69 Å². The number of fused-ring (bicyclic) bond motifs is 1. The molecule has 0 atom stereocenters. The lowest BCUT2D eigenvalue weighted by Gasteiger charge is -2.12. The first-order chi connectivity index (χ1) is 15.1. The first kappa shape index (κ1) is 21.8. The smallest absolute Gasteiger partial charge is 0.262 e. The summed E-state index contributed by atoms with van der Waals surface area (Å²) in [6, 6.07) is 12.9. The molecule has 0 N–H and O–H groups in total. The summed E-state index contributed by atoms with van der Waals surface area (Å²) in [7, 11) is 3.26. The summed E-state index contributed by atoms with van der Waals surface area (Å²) in [5, 5.41) is 4.61. The van der Waals surface area contributed by atoms with Crippen molar-refractivity contribution >= 4 is 45.6 Å². The number of ether oxygens (including phenoxy) is 2. The molecule has 4 aromatic rings. The molecular weight excluding hydrogens is 454 g/mol. The number of methoxy groups -OCH3 is 2. The summed E-state index contributed by atoms with van der Waals surface area (Å²) in [5.41, 5.74) is 2.35. The molecule has 31 heavy (non-hydrogen) atoms. The van der Waals surface area contributed by atoms with E-state index in [0.717, 1.165) is 22.0 Å². The summed E-state index contributed by atoms with van der Waals surface area (Å²) < 4.78 is 12.3. The number of benzene rings is 2. The molecule has 2 heterocycles. The molecule has 0 saturated heterocycles. The molecule has 0 unspecified atom stereocenters. The zero-order valence-corrected chi connectivity index (χ0v) is 19.4. The minimum atomic E-state index is -0.103. The number of thiazole rings is 1. The van der Waals surface area contributed by atoms with Gasteiger partial charge in [0, 0.05) is 23.3 Å². The van der Waals surface area contributed by atoms with E-state index >= 15 is 0 Å². The van der Waals surface area contributed by atoms with Gasteiger partial charge in [-0.2, -0.15) is 0 Å². The molecule has 0 spiro atoms. The van der Waals surface area contributed by atoms with Crippen molar-refractivity contribution in [1.29, 1.82) is 0 Å². The van der Waals surface area contributed by atoms with Crippen LogP contribution in [-0.4, -0.2) is 35.4 Å². The zero-order chi connectivity index (χ0) is 21.8. The van der Waals surface area contributed by atoms with E-state index in [2.05, 4.69) is 0 Å². The molecule has 0 fully saturated rings. The van der Waals surface area contributed by atoms with Gasteiger partial charge in [0.2, 0.25) is 0 Å². The molecule has 0 aliphatic heterocycles. The molecule has 0 bridgehead atoms. The van der Waals surface area contributed by atoms with Crippen molar-refractivity contribution in [1.82, 2.24) is 14.5 Å². The van der Waals surface area contributed by atoms with Crippen LogP contribution in [0.4, 0.5) is 0 Å². The standard InChI is InChI=1S/C22H20ClN3O3S2/c1-28-10-9-26-21(27)16-8-7-14(23)11-18(16)25-22(26)31-13-15-12-30-20(24-15)17-5-3-4-6-19(17)29-2/h3-8,11-12H,9-10,13H2,1-2H3. The molecule has 4 rings (SSSR count). The van der Waals surface area contributed by atoms with Crippen LogP contribution in [0.5, 0.6) is 5.75 Å². The third-order valence-corrected chi connectivity index (χ3v) is 6.81. The summed E-state index contributed by atoms with van der Waals surface area (Å²) in [4.78, 5) is 22.5. The van der Waals surface area contributed by atoms with Crippen molar-refractivity contribution in [3.63, 3.8) is 0 Å². The summed E-state index contributed by atoms with van der Waals surface area (Å²) >= 11 is 9.14. The van der Waals surface area contributed by atoms with Gasteiger partial charge in [-0.1, -0.05) is 35.5 Å². The van der Waals surface area contributed by atoms with Crippen LogP contribution < -0.4 is 10.3 Å². The van der Waals surface area contributed by atoms with Crippen LogP contribution in [-0.2, 0) is 17.0 Å². The van der Waals surface area contributed by atoms with Gasteiger partial charge >= 0.3 is 0 Å². The van der Waals surface area contributed by atoms with E-state index < -0.39 is 0 Å². The average molecular weight is 474 g/mol. The molecule has 0 radical (unpaired) electrons. The number of nitrogens with zero attached hydrogens (tertiary/aromatic N) is 3. The van der Waals surface area contributed by atoms with E-state index in [0.29, 0.717) is 40.0 Å². The highest BCUT2D eigenvalue weighted by Gasteiger charge is 2.14. The lowest BCUT2D eigenvalue weighted by Crippen LogP contribution is -2.25. The van der Waals surface area contributed by atoms with E-state index in [1.54, 1.807) is 48.3 Å². The fourth-order valence-corrected chi connectivity index (χ4v) is 5.16. The Bertz CT molecular complexity index is 1270. The van der Waals surface area contributed by atoms with Crippen molar-refractivity contribution in [2.75, 3.05) is 20.8 Å². The maximum Gasteiger partial charge on any atom is 0.262 e. The molecule has 9 heteroatoms. The fourth-order valence-electron chi connectivity index (χ4n) is 3.12. The van der Waals surface area contributed by atoms with Crippen molar-refractivity contribution in [3.8, 4) is 16.3 Å². The van der Waals surface area contributed by atoms with Gasteiger partial charge in [-0.3, -0.25) is 9.36 Å². The minimum absolute atomic E-state index is 0.103. The lowest BCUT2D eigenvalue weighted by atomic mass is 10.2. The first-order valence-electron chi connectivity index (χ1n) is 9.50. The number of hydrogen-bond donors (Lipinski definition) is 0. The second kappa shape index (κ2) is 9.82. The highest BCUT2D eigenvalue weighted by atomic mass is 35.5. The Hall–Kier alpha value is -2.39. The maximum atomic E-state index is 13.0. The maximum absolute atomic E-state index is 13.0. The number of rotatable bonds is 8. The van der Waals surface area contributed by atoms with Crippen LogP contribution in [0.25, 0.3) is 21.5 Å². The predicted molar refractivity (Wildman–Crippen MR) is 127 cm³/mol. The van der Waals surface area contributed by atoms with Gasteiger partial charge in [-0.25, -0.2) is 9.97 Å². The molecule has 6 nitrogen and oxygen atoms in total. The summed E-state index contributed by atoms with van der Waals surface area (Å²) in [5.74, 6) is 1.37. The topological polar surface area (TPSA) is 66.2 Å². The SMILES string of the molecule is COCCn1c(SCc2csc(-c3ccccc3OC)n2)nc2cc(Cl)ccc2c1=O. The van der Waals surface area contributed by atoms with E-state index in [1.165, 1.54) is 11.8 Å². The summed E-state index contributed by atoms with van der Waals surface area (Å²) in [6.45, 7) is 0.843. The van der Waals surface area contributed by atoms with Crippen LogP contribution in [0.3, 0.4) is 0 Å². The molecule has 0 amide bonds. The van der Waals surface area contributed by atoms with Crippen LogP contribution in [0.15, 0.2) is 57.8 Å². The van der Waals surface area contributed by atoms with E-state index in [4.69, 9.17) is 31.0 Å². The average Bonchev–Trinajstić information content (AvgIpc) is 3.26. The lowest BCUT2D eigenvalue weighted by molar-refractivity contribution is 0.183. The number of aromatic nitrogens is 3. The van der Waals surface area contributed by atoms with Gasteiger partial charge in [0.1, 0.15) is 10.8 Å². The van der Waals surface area contributed by atoms with Crippen LogP contribution in [0, 0.1) is 0 Å². The molecule has 0 aliphatic carbocycles.